The maximum atomic E-state index is 14.0. The number of nitriles is 1. The van der Waals surface area contributed by atoms with Crippen molar-refractivity contribution < 1.29 is 4.39 Å². The van der Waals surface area contributed by atoms with Crippen molar-refractivity contribution in [2.75, 3.05) is 0 Å². The van der Waals surface area contributed by atoms with Crippen LogP contribution in [-0.4, -0.2) is 0 Å². The third kappa shape index (κ3) is 2.64. The van der Waals surface area contributed by atoms with Crippen molar-refractivity contribution in [1.29, 1.82) is 5.26 Å². The van der Waals surface area contributed by atoms with Crippen molar-refractivity contribution in [3.63, 3.8) is 0 Å². The smallest absolute Gasteiger partial charge is 0.131 e. The van der Waals surface area contributed by atoms with E-state index in [9.17, 15) is 4.39 Å². The Morgan fingerprint density at radius 3 is 2.50 bits per heavy atom. The molecule has 0 fully saturated rings. The van der Waals surface area contributed by atoms with Gasteiger partial charge >= 0.3 is 0 Å². The van der Waals surface area contributed by atoms with Gasteiger partial charge in [0.1, 0.15) is 5.82 Å². The molecule has 90 valence electrons. The van der Waals surface area contributed by atoms with Crippen molar-refractivity contribution in [3.05, 3.63) is 57.8 Å². The summed E-state index contributed by atoms with van der Waals surface area (Å²) >= 11 is 11.9. The molecule has 0 spiro atoms. The van der Waals surface area contributed by atoms with Gasteiger partial charge in [0.05, 0.1) is 12.5 Å². The average molecular weight is 280 g/mol. The Balaban J connectivity index is 2.51. The van der Waals surface area contributed by atoms with E-state index in [1.807, 2.05) is 6.07 Å². The van der Waals surface area contributed by atoms with Crippen LogP contribution in [0.4, 0.5) is 4.39 Å². The Morgan fingerprint density at radius 2 is 1.83 bits per heavy atom. The molecule has 4 heteroatoms. The number of hydrogen-bond donors (Lipinski definition) is 0. The second-order valence-corrected chi connectivity index (χ2v) is 4.62. The van der Waals surface area contributed by atoms with Gasteiger partial charge in [-0.25, -0.2) is 4.39 Å². The van der Waals surface area contributed by atoms with Gasteiger partial charge in [-0.05, 0) is 29.8 Å². The lowest BCUT2D eigenvalue weighted by Crippen LogP contribution is -1.89. The second-order valence-electron chi connectivity index (χ2n) is 3.77. The van der Waals surface area contributed by atoms with E-state index in [0.717, 1.165) is 0 Å². The minimum atomic E-state index is -0.410. The van der Waals surface area contributed by atoms with Gasteiger partial charge in [-0.1, -0.05) is 35.3 Å². The Kier molecular flexibility index (Phi) is 3.86. The number of nitrogens with zero attached hydrogens (tertiary/aromatic N) is 1. The molecule has 1 nitrogen and oxygen atoms in total. The minimum absolute atomic E-state index is 0.181. The molecule has 0 bridgehead atoms. The molecule has 0 aliphatic rings. The van der Waals surface area contributed by atoms with Crippen LogP contribution in [0.3, 0.4) is 0 Å². The third-order valence-electron chi connectivity index (χ3n) is 2.54. The fourth-order valence-corrected chi connectivity index (χ4v) is 2.07. The molecule has 0 heterocycles. The summed E-state index contributed by atoms with van der Waals surface area (Å²) in [6, 6.07) is 11.5. The van der Waals surface area contributed by atoms with Crippen molar-refractivity contribution in [3.8, 4) is 17.2 Å². The van der Waals surface area contributed by atoms with Gasteiger partial charge in [-0.15, -0.1) is 0 Å². The monoisotopic (exact) mass is 279 g/mol. The Bertz CT molecular complexity index is 632. The van der Waals surface area contributed by atoms with Gasteiger partial charge in [0, 0.05) is 21.2 Å². The van der Waals surface area contributed by atoms with Crippen LogP contribution in [0.15, 0.2) is 36.4 Å². The molecule has 0 saturated carbocycles. The molecule has 0 aliphatic heterocycles. The van der Waals surface area contributed by atoms with Crippen LogP contribution in [0.5, 0.6) is 0 Å². The highest BCUT2D eigenvalue weighted by atomic mass is 35.5. The molecule has 0 N–H and O–H groups in total. The summed E-state index contributed by atoms with van der Waals surface area (Å²) < 4.78 is 14.0. The first-order valence-corrected chi connectivity index (χ1v) is 5.98. The number of hydrogen-bond acceptors (Lipinski definition) is 1. The third-order valence-corrected chi connectivity index (χ3v) is 3.10. The molecule has 0 radical (unpaired) electrons. The van der Waals surface area contributed by atoms with Crippen LogP contribution >= 0.6 is 23.2 Å². The van der Waals surface area contributed by atoms with Crippen LogP contribution in [0.2, 0.25) is 10.0 Å². The lowest BCUT2D eigenvalue weighted by Gasteiger charge is -2.07. The topological polar surface area (TPSA) is 23.8 Å². The number of benzene rings is 2. The highest BCUT2D eigenvalue weighted by Crippen LogP contribution is 2.32. The second kappa shape index (κ2) is 5.39. The number of halogens is 3. The van der Waals surface area contributed by atoms with Crippen LogP contribution in [0, 0.1) is 17.1 Å². The normalized spacial score (nSPS) is 10.1. The van der Waals surface area contributed by atoms with Crippen molar-refractivity contribution in [2.24, 2.45) is 0 Å². The van der Waals surface area contributed by atoms with Crippen molar-refractivity contribution >= 4 is 23.2 Å². The van der Waals surface area contributed by atoms with E-state index in [4.69, 9.17) is 28.5 Å². The molecule has 2 aromatic carbocycles. The summed E-state index contributed by atoms with van der Waals surface area (Å²) in [5.74, 6) is -0.410. The molecular formula is C14H8Cl2FN. The number of rotatable bonds is 2. The molecule has 0 aromatic heterocycles. The van der Waals surface area contributed by atoms with Crippen LogP contribution in [0.25, 0.3) is 11.1 Å². The average Bonchev–Trinajstić information content (AvgIpc) is 2.33. The highest BCUT2D eigenvalue weighted by molar-refractivity contribution is 6.35. The molecule has 0 atom stereocenters. The van der Waals surface area contributed by atoms with E-state index in [1.165, 1.54) is 6.07 Å². The zero-order valence-electron chi connectivity index (χ0n) is 9.25. The van der Waals surface area contributed by atoms with Gasteiger partial charge < -0.3 is 0 Å². The van der Waals surface area contributed by atoms with Gasteiger partial charge in [-0.3, -0.25) is 0 Å². The standard InChI is InChI=1S/C14H8Cl2FN/c15-10-2-4-13(16)12(8-10)11-3-1-9(5-6-18)7-14(11)17/h1-4,7-8H,5H2. The molecule has 18 heavy (non-hydrogen) atoms. The van der Waals surface area contributed by atoms with E-state index >= 15 is 0 Å². The summed E-state index contributed by atoms with van der Waals surface area (Å²) in [5, 5.41) is 9.50. The summed E-state index contributed by atoms with van der Waals surface area (Å²) in [6.07, 6.45) is 0.181. The minimum Gasteiger partial charge on any atom is -0.206 e. The summed E-state index contributed by atoms with van der Waals surface area (Å²) in [7, 11) is 0. The first-order chi connectivity index (χ1) is 8.61. The van der Waals surface area contributed by atoms with Gasteiger partial charge in [0.25, 0.3) is 0 Å². The lowest BCUT2D eigenvalue weighted by molar-refractivity contribution is 0.629. The zero-order valence-corrected chi connectivity index (χ0v) is 10.8. The fraction of sp³-hybridized carbons (Fsp3) is 0.0714. The van der Waals surface area contributed by atoms with Gasteiger partial charge in [0.15, 0.2) is 0 Å². The largest absolute Gasteiger partial charge is 0.206 e. The molecule has 0 amide bonds. The van der Waals surface area contributed by atoms with Gasteiger partial charge in [-0.2, -0.15) is 5.26 Å². The van der Waals surface area contributed by atoms with E-state index < -0.39 is 5.82 Å². The fourth-order valence-electron chi connectivity index (χ4n) is 1.68. The van der Waals surface area contributed by atoms with Crippen LogP contribution < -0.4 is 0 Å². The SMILES string of the molecule is N#CCc1ccc(-c2cc(Cl)ccc2Cl)c(F)c1. The Hall–Kier alpha value is -1.56. The maximum absolute atomic E-state index is 14.0. The molecule has 2 rings (SSSR count). The van der Waals surface area contributed by atoms with Crippen molar-refractivity contribution in [2.45, 2.75) is 6.42 Å². The molecule has 2 aromatic rings. The molecule has 0 aliphatic carbocycles. The maximum Gasteiger partial charge on any atom is 0.131 e. The van der Waals surface area contributed by atoms with Crippen LogP contribution in [-0.2, 0) is 6.42 Å². The van der Waals surface area contributed by atoms with Crippen molar-refractivity contribution in [1.82, 2.24) is 0 Å². The molecular weight excluding hydrogens is 272 g/mol. The predicted molar refractivity (Wildman–Crippen MR) is 71.2 cm³/mol. The zero-order chi connectivity index (χ0) is 13.1. The first kappa shape index (κ1) is 12.9. The quantitative estimate of drug-likeness (QED) is 0.770. The van der Waals surface area contributed by atoms with E-state index in [0.29, 0.717) is 26.7 Å². The summed E-state index contributed by atoms with van der Waals surface area (Å²) in [6.45, 7) is 0. The van der Waals surface area contributed by atoms with E-state index in [1.54, 1.807) is 30.3 Å². The molecule has 0 saturated heterocycles. The molecule has 0 unspecified atom stereocenters. The summed E-state index contributed by atoms with van der Waals surface area (Å²) in [4.78, 5) is 0. The Labute approximate surface area is 114 Å². The lowest BCUT2D eigenvalue weighted by atomic mass is 10.0. The van der Waals surface area contributed by atoms with Crippen LogP contribution in [0.1, 0.15) is 5.56 Å². The highest BCUT2D eigenvalue weighted by Gasteiger charge is 2.10. The summed E-state index contributed by atoms with van der Waals surface area (Å²) in [5.41, 5.74) is 1.56. The first-order valence-electron chi connectivity index (χ1n) is 5.22. The van der Waals surface area contributed by atoms with E-state index in [2.05, 4.69) is 0 Å². The predicted octanol–water partition coefficient (Wildman–Crippen LogP) is 4.87. The van der Waals surface area contributed by atoms with Gasteiger partial charge in [0.2, 0.25) is 0 Å². The Morgan fingerprint density at radius 1 is 1.06 bits per heavy atom. The van der Waals surface area contributed by atoms with E-state index in [-0.39, 0.29) is 6.42 Å².